The first-order valence-electron chi connectivity index (χ1n) is 10.4. The fourth-order valence-electron chi connectivity index (χ4n) is 3.95. The molecule has 2 heterocycles. The van der Waals surface area contributed by atoms with E-state index < -0.39 is 0 Å². The highest BCUT2D eigenvalue weighted by atomic mass is 35.5. The van der Waals surface area contributed by atoms with E-state index in [0.29, 0.717) is 17.8 Å². The highest BCUT2D eigenvalue weighted by molar-refractivity contribution is 6.30. The number of benzene rings is 2. The maximum Gasteiger partial charge on any atom is 0.226 e. The van der Waals surface area contributed by atoms with Crippen LogP contribution in [0.4, 0.5) is 5.69 Å². The quantitative estimate of drug-likeness (QED) is 0.584. The maximum atomic E-state index is 12.2. The molecule has 1 amide bonds. The Morgan fingerprint density at radius 1 is 1.17 bits per heavy atom. The van der Waals surface area contributed by atoms with Crippen LogP contribution in [-0.2, 0) is 11.2 Å². The van der Waals surface area contributed by atoms with Crippen molar-refractivity contribution < 1.29 is 9.32 Å². The second-order valence-electron chi connectivity index (χ2n) is 7.77. The summed E-state index contributed by atoms with van der Waals surface area (Å²) in [6, 6.07) is 13.7. The number of carbonyl (C=O) groups is 1. The van der Waals surface area contributed by atoms with Crippen LogP contribution in [0.5, 0.6) is 0 Å². The van der Waals surface area contributed by atoms with E-state index in [4.69, 9.17) is 16.1 Å². The first-order chi connectivity index (χ1) is 14.6. The number of nitrogens with one attached hydrogen (secondary N) is 1. The van der Waals surface area contributed by atoms with Crippen LogP contribution >= 0.6 is 11.6 Å². The Bertz CT molecular complexity index is 1010. The molecule has 2 aromatic carbocycles. The van der Waals surface area contributed by atoms with Gasteiger partial charge in [0.05, 0.1) is 6.42 Å². The minimum absolute atomic E-state index is 0.0182. The monoisotopic (exact) mass is 426 g/mol. The molecular formula is C23H27ClN4O2. The Hall–Kier alpha value is -2.57. The van der Waals surface area contributed by atoms with Crippen LogP contribution in [0, 0.1) is 6.92 Å². The summed E-state index contributed by atoms with van der Waals surface area (Å²) < 4.78 is 5.26. The van der Waals surface area contributed by atoms with E-state index >= 15 is 0 Å². The number of carbonyl (C=O) groups excluding carboxylic acids is 1. The van der Waals surface area contributed by atoms with Crippen molar-refractivity contribution in [1.82, 2.24) is 15.4 Å². The van der Waals surface area contributed by atoms with Crippen LogP contribution in [-0.4, -0.2) is 55.2 Å². The van der Waals surface area contributed by atoms with Crippen molar-refractivity contribution >= 4 is 34.2 Å². The van der Waals surface area contributed by atoms with Crippen molar-refractivity contribution in [3.05, 3.63) is 58.7 Å². The van der Waals surface area contributed by atoms with Crippen molar-refractivity contribution in [3.63, 3.8) is 0 Å². The number of amides is 1. The molecule has 1 aliphatic rings. The van der Waals surface area contributed by atoms with Gasteiger partial charge >= 0.3 is 0 Å². The normalized spacial score (nSPS) is 14.9. The Balaban J connectivity index is 1.17. The topological polar surface area (TPSA) is 61.6 Å². The summed E-state index contributed by atoms with van der Waals surface area (Å²) in [6.45, 7) is 7.80. The van der Waals surface area contributed by atoms with Crippen molar-refractivity contribution in [1.29, 1.82) is 0 Å². The van der Waals surface area contributed by atoms with Crippen LogP contribution in [0.15, 0.2) is 47.0 Å². The van der Waals surface area contributed by atoms with E-state index in [1.165, 1.54) is 11.3 Å². The zero-order chi connectivity index (χ0) is 20.9. The number of aryl methyl sites for hydroxylation is 1. The number of rotatable bonds is 7. The van der Waals surface area contributed by atoms with E-state index in [1.54, 1.807) is 0 Å². The van der Waals surface area contributed by atoms with E-state index in [9.17, 15) is 4.79 Å². The van der Waals surface area contributed by atoms with Gasteiger partial charge in [0.15, 0.2) is 5.58 Å². The van der Waals surface area contributed by atoms with Crippen LogP contribution in [0.3, 0.4) is 0 Å². The van der Waals surface area contributed by atoms with Gasteiger partial charge in [0, 0.05) is 48.8 Å². The van der Waals surface area contributed by atoms with Crippen LogP contribution in [0.25, 0.3) is 11.0 Å². The Kier molecular flexibility index (Phi) is 6.55. The zero-order valence-electron chi connectivity index (χ0n) is 17.2. The second kappa shape index (κ2) is 9.49. The van der Waals surface area contributed by atoms with E-state index in [-0.39, 0.29) is 12.3 Å². The minimum atomic E-state index is -0.0182. The molecule has 0 aliphatic carbocycles. The number of anilines is 1. The fraction of sp³-hybridized carbons (Fsp3) is 0.391. The second-order valence-corrected chi connectivity index (χ2v) is 8.20. The lowest BCUT2D eigenvalue weighted by Crippen LogP contribution is -2.47. The number of piperazine rings is 1. The molecule has 1 fully saturated rings. The van der Waals surface area contributed by atoms with E-state index in [0.717, 1.165) is 49.6 Å². The van der Waals surface area contributed by atoms with Gasteiger partial charge in [-0.25, -0.2) is 0 Å². The summed E-state index contributed by atoms with van der Waals surface area (Å²) in [5, 5.41) is 8.71. The minimum Gasteiger partial charge on any atom is -0.369 e. The van der Waals surface area contributed by atoms with E-state index in [1.807, 2.05) is 30.3 Å². The van der Waals surface area contributed by atoms with Crippen LogP contribution in [0.2, 0.25) is 5.02 Å². The zero-order valence-corrected chi connectivity index (χ0v) is 18.0. The lowest BCUT2D eigenvalue weighted by atomic mass is 10.1. The third-order valence-corrected chi connectivity index (χ3v) is 5.87. The predicted molar refractivity (Wildman–Crippen MR) is 120 cm³/mol. The average Bonchev–Trinajstić information content (AvgIpc) is 3.16. The highest BCUT2D eigenvalue weighted by Gasteiger charge is 2.18. The third-order valence-electron chi connectivity index (χ3n) is 5.64. The van der Waals surface area contributed by atoms with Gasteiger partial charge in [-0.15, -0.1) is 0 Å². The molecule has 1 aromatic heterocycles. The first kappa shape index (κ1) is 20.7. The molecular weight excluding hydrogens is 400 g/mol. The van der Waals surface area contributed by atoms with Crippen molar-refractivity contribution in [2.24, 2.45) is 0 Å². The number of hydrogen-bond donors (Lipinski definition) is 1. The van der Waals surface area contributed by atoms with Gasteiger partial charge in [0.1, 0.15) is 5.69 Å². The Morgan fingerprint density at radius 2 is 1.97 bits per heavy atom. The summed E-state index contributed by atoms with van der Waals surface area (Å²) in [5.41, 5.74) is 3.90. The fourth-order valence-corrected chi connectivity index (χ4v) is 4.11. The van der Waals surface area contributed by atoms with Crippen LogP contribution < -0.4 is 10.2 Å². The van der Waals surface area contributed by atoms with Gasteiger partial charge < -0.3 is 14.7 Å². The van der Waals surface area contributed by atoms with Crippen molar-refractivity contribution in [3.8, 4) is 0 Å². The lowest BCUT2D eigenvalue weighted by Gasteiger charge is -2.37. The molecule has 0 radical (unpaired) electrons. The van der Waals surface area contributed by atoms with Gasteiger partial charge in [0.25, 0.3) is 0 Å². The van der Waals surface area contributed by atoms with Crippen molar-refractivity contribution in [2.45, 2.75) is 19.8 Å². The molecule has 158 valence electrons. The average molecular weight is 427 g/mol. The number of para-hydroxylation sites is 1. The van der Waals surface area contributed by atoms with Gasteiger partial charge in [-0.3, -0.25) is 9.69 Å². The number of nitrogens with zero attached hydrogens (tertiary/aromatic N) is 3. The Morgan fingerprint density at radius 3 is 2.80 bits per heavy atom. The molecule has 1 saturated heterocycles. The molecule has 30 heavy (non-hydrogen) atoms. The number of aromatic nitrogens is 1. The van der Waals surface area contributed by atoms with Crippen LogP contribution in [0.1, 0.15) is 17.7 Å². The number of halogens is 1. The molecule has 4 rings (SSSR count). The molecule has 1 N–H and O–H groups in total. The molecule has 7 heteroatoms. The third kappa shape index (κ3) is 4.94. The lowest BCUT2D eigenvalue weighted by molar-refractivity contribution is -0.120. The molecule has 0 unspecified atom stereocenters. The molecule has 3 aromatic rings. The first-order valence-corrected chi connectivity index (χ1v) is 10.8. The Labute approximate surface area is 181 Å². The molecule has 1 aliphatic heterocycles. The summed E-state index contributed by atoms with van der Waals surface area (Å²) in [6.07, 6.45) is 1.18. The summed E-state index contributed by atoms with van der Waals surface area (Å²) >= 11 is 6.17. The summed E-state index contributed by atoms with van der Waals surface area (Å²) in [7, 11) is 0. The van der Waals surface area contributed by atoms with E-state index in [2.05, 4.69) is 39.3 Å². The van der Waals surface area contributed by atoms with Gasteiger partial charge in [0.2, 0.25) is 5.91 Å². The summed E-state index contributed by atoms with van der Waals surface area (Å²) in [4.78, 5) is 17.1. The van der Waals surface area contributed by atoms with Crippen molar-refractivity contribution in [2.75, 3.05) is 44.2 Å². The van der Waals surface area contributed by atoms with Gasteiger partial charge in [-0.1, -0.05) is 35.0 Å². The van der Waals surface area contributed by atoms with Gasteiger partial charge in [-0.2, -0.15) is 0 Å². The molecule has 0 atom stereocenters. The molecule has 0 saturated carbocycles. The molecule has 0 bridgehead atoms. The SMILES string of the molecule is Cc1ccc(Cl)cc1N1CCN(CCCNC(=O)Cc2noc3ccccc23)CC1. The smallest absolute Gasteiger partial charge is 0.226 e. The molecule has 0 spiro atoms. The molecule has 6 nitrogen and oxygen atoms in total. The number of hydrogen-bond acceptors (Lipinski definition) is 5. The largest absolute Gasteiger partial charge is 0.369 e. The maximum absolute atomic E-state index is 12.2. The number of fused-ring (bicyclic) bond motifs is 1. The standard InChI is InChI=1S/C23H27ClN4O2/c1-17-7-8-18(24)15-21(17)28-13-11-27(12-14-28)10-4-9-25-23(29)16-20-19-5-2-3-6-22(19)30-26-20/h2-3,5-8,15H,4,9-14,16H2,1H3,(H,25,29). The van der Waals surface area contributed by atoms with Gasteiger partial charge in [-0.05, 0) is 49.7 Å². The summed E-state index contributed by atoms with van der Waals surface area (Å²) in [5.74, 6) is -0.0182. The highest BCUT2D eigenvalue weighted by Crippen LogP contribution is 2.25. The predicted octanol–water partition coefficient (Wildman–Crippen LogP) is 3.66.